The highest BCUT2D eigenvalue weighted by atomic mass is 35.5. The molecule has 7 heteroatoms. The summed E-state index contributed by atoms with van der Waals surface area (Å²) in [4.78, 5) is 22.0. The van der Waals surface area contributed by atoms with E-state index in [1.807, 2.05) is 54.9 Å². The maximum absolute atomic E-state index is 9.55. The number of hydrogen-bond acceptors (Lipinski definition) is 3. The molecule has 114 valence electrons. The van der Waals surface area contributed by atoms with Crippen molar-refractivity contribution in [3.63, 3.8) is 0 Å². The number of carbonyl (C=O) groups is 2. The van der Waals surface area contributed by atoms with Crippen LogP contribution in [-0.2, 0) is 9.59 Å². The number of carboxylic acid groups (broad SMARTS) is 2. The lowest BCUT2D eigenvalue weighted by atomic mass is 10.4. The molecule has 21 heavy (non-hydrogen) atoms. The topological polar surface area (TPSA) is 125 Å². The third-order valence-corrected chi connectivity index (χ3v) is 1.85. The Morgan fingerprint density at radius 3 is 1.52 bits per heavy atom. The third-order valence-electron chi connectivity index (χ3n) is 1.60. The Hall–Kier alpha value is -2.57. The van der Waals surface area contributed by atoms with Crippen molar-refractivity contribution in [3.05, 3.63) is 72.0 Å². The number of nitrogens with one attached hydrogen (secondary N) is 1. The first-order chi connectivity index (χ1) is 9.52. The number of aliphatic carboxylic acids is 2. The molecule has 0 aliphatic carbocycles. The van der Waals surface area contributed by atoms with Gasteiger partial charge in [0.05, 0.1) is 0 Å². The fourth-order valence-electron chi connectivity index (χ4n) is 0.835. The summed E-state index contributed by atoms with van der Waals surface area (Å²) in [5, 5.41) is 16.4. The molecule has 0 atom stereocenters. The Labute approximate surface area is 127 Å². The average molecular weight is 313 g/mol. The van der Waals surface area contributed by atoms with Crippen molar-refractivity contribution < 1.29 is 19.8 Å². The quantitative estimate of drug-likeness (QED) is 0.633. The molecule has 6 nitrogen and oxygen atoms in total. The lowest BCUT2D eigenvalue weighted by Crippen LogP contribution is -1.91. The summed E-state index contributed by atoms with van der Waals surface area (Å²) in [6, 6.07) is 13.3. The van der Waals surface area contributed by atoms with Gasteiger partial charge < -0.3 is 21.3 Å². The molecule has 0 unspecified atom stereocenters. The van der Waals surface area contributed by atoms with Gasteiger partial charge in [0.1, 0.15) is 0 Å². The van der Waals surface area contributed by atoms with Gasteiger partial charge in [0.2, 0.25) is 0 Å². The second kappa shape index (κ2) is 13.9. The van der Waals surface area contributed by atoms with E-state index >= 15 is 0 Å². The van der Waals surface area contributed by atoms with Crippen LogP contribution >= 0.6 is 11.6 Å². The molecule has 0 fully saturated rings. The van der Waals surface area contributed by atoms with Crippen LogP contribution in [0.15, 0.2) is 67.0 Å². The van der Waals surface area contributed by atoms with E-state index in [0.717, 1.165) is 5.02 Å². The zero-order chi connectivity index (χ0) is 15.2. The van der Waals surface area contributed by atoms with Gasteiger partial charge in [-0.25, -0.2) is 9.59 Å². The number of halogens is 1. The number of aromatic amines is 1. The number of hydrogen-bond donors (Lipinski definition) is 4. The van der Waals surface area contributed by atoms with E-state index in [9.17, 15) is 9.59 Å². The minimum atomic E-state index is -1.26. The van der Waals surface area contributed by atoms with Gasteiger partial charge in [0, 0.05) is 29.6 Å². The molecule has 0 aliphatic rings. The van der Waals surface area contributed by atoms with Crippen molar-refractivity contribution in [2.45, 2.75) is 0 Å². The van der Waals surface area contributed by atoms with Crippen LogP contribution in [-0.4, -0.2) is 27.1 Å². The molecule has 1 aromatic heterocycles. The van der Waals surface area contributed by atoms with E-state index in [1.165, 1.54) is 0 Å². The number of aromatic nitrogens is 1. The fraction of sp³-hybridized carbons (Fsp3) is 0. The fourth-order valence-corrected chi connectivity index (χ4v) is 0.981. The van der Waals surface area contributed by atoms with Gasteiger partial charge in [-0.15, -0.1) is 0 Å². The van der Waals surface area contributed by atoms with Crippen LogP contribution in [0.2, 0.25) is 5.02 Å². The highest BCUT2D eigenvalue weighted by molar-refractivity contribution is 6.30. The van der Waals surface area contributed by atoms with E-state index in [1.54, 1.807) is 0 Å². The van der Waals surface area contributed by atoms with Gasteiger partial charge >= 0.3 is 11.9 Å². The Morgan fingerprint density at radius 1 is 0.905 bits per heavy atom. The van der Waals surface area contributed by atoms with Crippen LogP contribution < -0.4 is 6.15 Å². The van der Waals surface area contributed by atoms with Crippen molar-refractivity contribution in [1.29, 1.82) is 0 Å². The molecule has 1 aromatic carbocycles. The van der Waals surface area contributed by atoms with Gasteiger partial charge in [0.25, 0.3) is 0 Å². The monoisotopic (exact) mass is 312 g/mol. The highest BCUT2D eigenvalue weighted by Gasteiger charge is 1.88. The first-order valence-electron chi connectivity index (χ1n) is 5.44. The SMILES string of the molecule is Clc1ccccc1.N.O=C(O)/C=C\C(=O)O.c1cc[nH]c1. The summed E-state index contributed by atoms with van der Waals surface area (Å²) in [6.45, 7) is 0. The normalized spacial score (nSPS) is 8.43. The molecule has 0 amide bonds. The van der Waals surface area contributed by atoms with E-state index in [-0.39, 0.29) is 6.15 Å². The van der Waals surface area contributed by atoms with E-state index in [4.69, 9.17) is 21.8 Å². The van der Waals surface area contributed by atoms with E-state index in [0.29, 0.717) is 12.2 Å². The van der Waals surface area contributed by atoms with Crippen LogP contribution in [0, 0.1) is 0 Å². The maximum atomic E-state index is 9.55. The molecular weight excluding hydrogens is 296 g/mol. The summed E-state index contributed by atoms with van der Waals surface area (Å²) in [7, 11) is 0. The zero-order valence-corrected chi connectivity index (χ0v) is 11.9. The lowest BCUT2D eigenvalue weighted by Gasteiger charge is -1.80. The second-order valence-electron chi connectivity index (χ2n) is 3.19. The summed E-state index contributed by atoms with van der Waals surface area (Å²) >= 11 is 5.54. The van der Waals surface area contributed by atoms with Crippen molar-refractivity contribution >= 4 is 23.5 Å². The molecule has 0 radical (unpaired) electrons. The molecule has 1 heterocycles. The molecule has 0 spiro atoms. The first kappa shape index (κ1) is 20.7. The Bertz CT molecular complexity index is 480. The van der Waals surface area contributed by atoms with Gasteiger partial charge in [-0.05, 0) is 24.3 Å². The largest absolute Gasteiger partial charge is 0.478 e. The summed E-state index contributed by atoms with van der Waals surface area (Å²) in [5.41, 5.74) is 0. The average Bonchev–Trinajstić information content (AvgIpc) is 2.97. The third kappa shape index (κ3) is 17.4. The maximum Gasteiger partial charge on any atom is 0.328 e. The predicted octanol–water partition coefficient (Wildman–Crippen LogP) is 3.23. The van der Waals surface area contributed by atoms with E-state index in [2.05, 4.69) is 4.98 Å². The molecule has 2 rings (SSSR count). The molecule has 6 N–H and O–H groups in total. The van der Waals surface area contributed by atoms with Crippen molar-refractivity contribution in [3.8, 4) is 0 Å². The lowest BCUT2D eigenvalue weighted by molar-refractivity contribution is -0.134. The molecular formula is C14H17ClN2O4. The van der Waals surface area contributed by atoms with Crippen LogP contribution in [0.25, 0.3) is 0 Å². The zero-order valence-electron chi connectivity index (χ0n) is 11.1. The number of rotatable bonds is 2. The van der Waals surface area contributed by atoms with Gasteiger partial charge in [-0.2, -0.15) is 0 Å². The van der Waals surface area contributed by atoms with Gasteiger partial charge in [-0.1, -0.05) is 29.8 Å². The molecule has 0 bridgehead atoms. The molecule has 0 saturated carbocycles. The van der Waals surface area contributed by atoms with Crippen LogP contribution in [0.1, 0.15) is 0 Å². The van der Waals surface area contributed by atoms with Crippen LogP contribution in [0.4, 0.5) is 0 Å². The number of benzene rings is 1. The van der Waals surface area contributed by atoms with Crippen LogP contribution in [0.3, 0.4) is 0 Å². The smallest absolute Gasteiger partial charge is 0.328 e. The molecule has 2 aromatic rings. The minimum Gasteiger partial charge on any atom is -0.478 e. The van der Waals surface area contributed by atoms with Gasteiger partial charge in [-0.3, -0.25) is 0 Å². The Kier molecular flexibility index (Phi) is 13.7. The molecule has 0 saturated heterocycles. The van der Waals surface area contributed by atoms with Crippen LogP contribution in [0.5, 0.6) is 0 Å². The predicted molar refractivity (Wildman–Crippen MR) is 81.7 cm³/mol. The second-order valence-corrected chi connectivity index (χ2v) is 3.63. The Morgan fingerprint density at radius 2 is 1.33 bits per heavy atom. The standard InChI is InChI=1S/C6H5Cl.C4H5N.C4H4O4.H3N/c7-6-4-2-1-3-5-6;1-2-4-5-3-1;5-3(6)1-2-4(7)8;/h1-5H;1-5H;1-2H,(H,5,6)(H,7,8);1H3/b;;2-1-;. The highest BCUT2D eigenvalue weighted by Crippen LogP contribution is 2.03. The first-order valence-corrected chi connectivity index (χ1v) is 5.82. The van der Waals surface area contributed by atoms with Crippen molar-refractivity contribution in [1.82, 2.24) is 11.1 Å². The van der Waals surface area contributed by atoms with Crippen molar-refractivity contribution in [2.75, 3.05) is 0 Å². The molecule has 0 aliphatic heterocycles. The summed E-state index contributed by atoms with van der Waals surface area (Å²) < 4.78 is 0. The Balaban J connectivity index is 0. The van der Waals surface area contributed by atoms with Crippen molar-refractivity contribution in [2.24, 2.45) is 0 Å². The summed E-state index contributed by atoms with van der Waals surface area (Å²) in [6.07, 6.45) is 4.87. The minimum absolute atomic E-state index is 0. The summed E-state index contributed by atoms with van der Waals surface area (Å²) in [5.74, 6) is -2.51. The van der Waals surface area contributed by atoms with E-state index < -0.39 is 11.9 Å². The number of carboxylic acids is 2. The number of H-pyrrole nitrogens is 1. The van der Waals surface area contributed by atoms with Gasteiger partial charge in [0.15, 0.2) is 0 Å².